The number of ether oxygens (including phenoxy) is 4. The van der Waals surface area contributed by atoms with Crippen LogP contribution in [0.5, 0.6) is 0 Å². The predicted octanol–water partition coefficient (Wildman–Crippen LogP) is 4.92. The van der Waals surface area contributed by atoms with E-state index in [-0.39, 0.29) is 25.3 Å². The molecule has 2 aliphatic carbocycles. The summed E-state index contributed by atoms with van der Waals surface area (Å²) >= 11 is 0. The molecule has 36 heavy (non-hydrogen) atoms. The van der Waals surface area contributed by atoms with Gasteiger partial charge in [-0.3, -0.25) is 0 Å². The summed E-state index contributed by atoms with van der Waals surface area (Å²) in [5.41, 5.74) is -1.03. The van der Waals surface area contributed by atoms with Gasteiger partial charge >= 0.3 is 18.3 Å². The Morgan fingerprint density at radius 3 is 1.53 bits per heavy atom. The molecular formula is C26H48N2O8. The van der Waals surface area contributed by atoms with E-state index in [1.807, 2.05) is 41.5 Å². The fourth-order valence-electron chi connectivity index (χ4n) is 4.46. The third-order valence-corrected chi connectivity index (χ3v) is 6.09. The summed E-state index contributed by atoms with van der Waals surface area (Å²) in [6, 6.07) is -0.385. The average Bonchev–Trinajstić information content (AvgIpc) is 3.47. The molecule has 10 heteroatoms. The molecule has 0 aromatic heterocycles. The molecule has 0 radical (unpaired) electrons. The number of rotatable bonds is 7. The van der Waals surface area contributed by atoms with E-state index in [1.54, 1.807) is 0 Å². The lowest BCUT2D eigenvalue weighted by Gasteiger charge is -2.26. The van der Waals surface area contributed by atoms with Gasteiger partial charge < -0.3 is 34.7 Å². The van der Waals surface area contributed by atoms with Crippen molar-refractivity contribution in [3.05, 3.63) is 0 Å². The second-order valence-corrected chi connectivity index (χ2v) is 11.5. The molecule has 0 heterocycles. The van der Waals surface area contributed by atoms with Crippen LogP contribution in [0.1, 0.15) is 92.9 Å². The number of methoxy groups -OCH3 is 1. The molecule has 2 amide bonds. The van der Waals surface area contributed by atoms with Crippen LogP contribution in [-0.4, -0.2) is 67.1 Å². The van der Waals surface area contributed by atoms with Gasteiger partial charge in [0.2, 0.25) is 0 Å². The number of alkyl carbamates (subject to hydrolysis) is 2. The van der Waals surface area contributed by atoms with Gasteiger partial charge in [0.25, 0.3) is 0 Å². The smallest absolute Gasteiger partial charge is 0.444 e. The quantitative estimate of drug-likeness (QED) is 0.321. The summed E-state index contributed by atoms with van der Waals surface area (Å²) in [5, 5.41) is 14.8. The molecule has 3 N–H and O–H groups in total. The van der Waals surface area contributed by atoms with E-state index in [4.69, 9.17) is 14.2 Å². The first-order valence-corrected chi connectivity index (χ1v) is 13.0. The Morgan fingerprint density at radius 2 is 1.17 bits per heavy atom. The van der Waals surface area contributed by atoms with E-state index in [2.05, 4.69) is 15.4 Å². The van der Waals surface area contributed by atoms with Gasteiger partial charge in [0.15, 0.2) is 0 Å². The van der Waals surface area contributed by atoms with Crippen molar-refractivity contribution in [2.75, 3.05) is 20.3 Å². The highest BCUT2D eigenvalue weighted by Crippen LogP contribution is 2.29. The number of hydrogen-bond acceptors (Lipinski definition) is 8. The van der Waals surface area contributed by atoms with Crippen LogP contribution in [0.3, 0.4) is 0 Å². The van der Waals surface area contributed by atoms with Crippen molar-refractivity contribution in [2.24, 2.45) is 11.8 Å². The minimum Gasteiger partial charge on any atom is -0.444 e. The molecule has 2 fully saturated rings. The van der Waals surface area contributed by atoms with Gasteiger partial charge in [-0.05, 0) is 79.1 Å². The lowest BCUT2D eigenvalue weighted by atomic mass is 9.99. The van der Waals surface area contributed by atoms with Crippen LogP contribution < -0.4 is 10.6 Å². The summed E-state index contributed by atoms with van der Waals surface area (Å²) in [6.45, 7) is 11.0. The number of nitrogens with one attached hydrogen (secondary N) is 2. The Kier molecular flexibility index (Phi) is 13.4. The number of hydrogen-bond donors (Lipinski definition) is 3. The Labute approximate surface area is 216 Å². The zero-order valence-corrected chi connectivity index (χ0v) is 23.2. The molecule has 2 rings (SSSR count). The summed E-state index contributed by atoms with van der Waals surface area (Å²) in [6.07, 6.45) is 7.21. The minimum atomic E-state index is -0.737. The largest absolute Gasteiger partial charge is 0.508 e. The molecule has 2 aliphatic rings. The average molecular weight is 517 g/mol. The standard InChI is InChI=1S/C14H25NO5.C12H23NO3/c1-14(2,3)20-12(16)15-11(9-19-13(17)18-4)10-7-5-6-8-10;1-12(2,3)16-11(15)13-10(8-14)9-6-4-5-7-9/h10-11H,5-9H2,1-4H3,(H,15,16);9-10,14H,4-8H2,1-3H3,(H,13,15)/t11-;10-/m11/s1. The summed E-state index contributed by atoms with van der Waals surface area (Å²) in [4.78, 5) is 34.4. The molecular weight excluding hydrogens is 468 g/mol. The van der Waals surface area contributed by atoms with E-state index < -0.39 is 29.5 Å². The number of carbonyl (C=O) groups is 3. The number of amides is 2. The van der Waals surface area contributed by atoms with Gasteiger partial charge in [0.05, 0.1) is 25.8 Å². The van der Waals surface area contributed by atoms with Crippen molar-refractivity contribution in [2.45, 2.75) is 116 Å². The highest BCUT2D eigenvalue weighted by Gasteiger charge is 2.30. The van der Waals surface area contributed by atoms with E-state index in [1.165, 1.54) is 20.0 Å². The number of carbonyl (C=O) groups excluding carboxylic acids is 3. The molecule has 10 nitrogen and oxygen atoms in total. The number of aliphatic hydroxyl groups is 1. The summed E-state index contributed by atoms with van der Waals surface area (Å²) in [7, 11) is 1.26. The monoisotopic (exact) mass is 516 g/mol. The van der Waals surface area contributed by atoms with Gasteiger partial charge in [0, 0.05) is 0 Å². The molecule has 210 valence electrons. The molecule has 0 aromatic rings. The van der Waals surface area contributed by atoms with Gasteiger partial charge in [-0.1, -0.05) is 25.7 Å². The van der Waals surface area contributed by atoms with Gasteiger partial charge in [-0.2, -0.15) is 0 Å². The fraction of sp³-hybridized carbons (Fsp3) is 0.885. The molecule has 0 aromatic carbocycles. The highest BCUT2D eigenvalue weighted by atomic mass is 16.7. The first-order chi connectivity index (χ1) is 16.7. The van der Waals surface area contributed by atoms with E-state index in [0.717, 1.165) is 38.5 Å². The normalized spacial score (nSPS) is 18.3. The maximum absolute atomic E-state index is 11.8. The molecule has 0 spiro atoms. The molecule has 0 unspecified atom stereocenters. The highest BCUT2D eigenvalue weighted by molar-refractivity contribution is 5.68. The molecule has 0 aliphatic heterocycles. The number of aliphatic hydroxyl groups excluding tert-OH is 1. The lowest BCUT2D eigenvalue weighted by molar-refractivity contribution is 0.0359. The second-order valence-electron chi connectivity index (χ2n) is 11.5. The van der Waals surface area contributed by atoms with Crippen molar-refractivity contribution in [3.8, 4) is 0 Å². The lowest BCUT2D eigenvalue weighted by Crippen LogP contribution is -2.45. The Balaban J connectivity index is 0.000000369. The first-order valence-electron chi connectivity index (χ1n) is 13.0. The van der Waals surface area contributed by atoms with Gasteiger partial charge in [-0.25, -0.2) is 14.4 Å². The maximum atomic E-state index is 11.8. The van der Waals surface area contributed by atoms with Crippen LogP contribution in [0.15, 0.2) is 0 Å². The van der Waals surface area contributed by atoms with E-state index >= 15 is 0 Å². The second kappa shape index (κ2) is 15.1. The summed E-state index contributed by atoms with van der Waals surface area (Å²) in [5.74, 6) is 0.713. The van der Waals surface area contributed by atoms with Crippen LogP contribution in [0, 0.1) is 11.8 Å². The Morgan fingerprint density at radius 1 is 0.778 bits per heavy atom. The van der Waals surface area contributed by atoms with Gasteiger partial charge in [-0.15, -0.1) is 0 Å². The fourth-order valence-corrected chi connectivity index (χ4v) is 4.46. The molecule has 2 saturated carbocycles. The molecule has 2 atom stereocenters. The SMILES string of the molecule is CC(C)(C)OC(=O)N[C@H](CO)C1CCCC1.COC(=O)OC[C@@H](NC(=O)OC(C)(C)C)C1CCCC1. The zero-order valence-electron chi connectivity index (χ0n) is 23.2. The van der Waals surface area contributed by atoms with E-state index in [9.17, 15) is 19.5 Å². The third-order valence-electron chi connectivity index (χ3n) is 6.09. The van der Waals surface area contributed by atoms with Gasteiger partial charge in [0.1, 0.15) is 17.8 Å². The Hall–Kier alpha value is -2.23. The van der Waals surface area contributed by atoms with Crippen LogP contribution in [0.25, 0.3) is 0 Å². The van der Waals surface area contributed by atoms with Crippen molar-refractivity contribution in [1.29, 1.82) is 0 Å². The van der Waals surface area contributed by atoms with Crippen LogP contribution in [0.4, 0.5) is 14.4 Å². The zero-order chi connectivity index (χ0) is 27.4. The van der Waals surface area contributed by atoms with Crippen molar-refractivity contribution >= 4 is 18.3 Å². The predicted molar refractivity (Wildman–Crippen MR) is 136 cm³/mol. The van der Waals surface area contributed by atoms with Crippen LogP contribution in [-0.2, 0) is 18.9 Å². The van der Waals surface area contributed by atoms with Crippen LogP contribution in [0.2, 0.25) is 0 Å². The van der Waals surface area contributed by atoms with Crippen molar-refractivity contribution in [1.82, 2.24) is 10.6 Å². The Bertz CT molecular complexity index is 674. The summed E-state index contributed by atoms with van der Waals surface area (Å²) < 4.78 is 19.8. The third kappa shape index (κ3) is 13.8. The first kappa shape index (κ1) is 31.8. The van der Waals surface area contributed by atoms with Crippen LogP contribution >= 0.6 is 0 Å². The molecule has 0 saturated heterocycles. The van der Waals surface area contributed by atoms with E-state index in [0.29, 0.717) is 11.8 Å². The maximum Gasteiger partial charge on any atom is 0.508 e. The van der Waals surface area contributed by atoms with Crippen molar-refractivity contribution < 1.29 is 38.4 Å². The topological polar surface area (TPSA) is 132 Å². The minimum absolute atomic E-state index is 0.0100. The van der Waals surface area contributed by atoms with Crippen molar-refractivity contribution in [3.63, 3.8) is 0 Å². The molecule has 0 bridgehead atoms.